The van der Waals surface area contributed by atoms with Gasteiger partial charge in [-0.1, -0.05) is 48.5 Å². The van der Waals surface area contributed by atoms with E-state index in [0.717, 1.165) is 0 Å². The summed E-state index contributed by atoms with van der Waals surface area (Å²) in [6.45, 7) is 0. The van der Waals surface area contributed by atoms with Gasteiger partial charge in [-0.05, 0) is 27.1 Å². The highest BCUT2D eigenvalue weighted by atomic mass is 16.4. The van der Waals surface area contributed by atoms with Gasteiger partial charge in [0.05, 0.1) is 5.56 Å². The third kappa shape index (κ3) is 4.15. The standard InChI is InChI=1S/C39H26O16/c40-24-15-9-14-18(25(41)33(49)26(42)19(14)20(15)27(43)34(50)32(24)48)16-10-5-1-3-7-12(10)17(13-8-4-2-6-11(13)16)21-22(29(45)36(52)35(51)28(21)44)23-30(46)37(53)39(55)38(54)31(23)47/h1-8,40-55H,9H2. The van der Waals surface area contributed by atoms with Gasteiger partial charge in [0, 0.05) is 50.9 Å². The molecule has 1 aliphatic rings. The summed E-state index contributed by atoms with van der Waals surface area (Å²) < 4.78 is 0. The van der Waals surface area contributed by atoms with Gasteiger partial charge < -0.3 is 81.7 Å². The zero-order valence-electron chi connectivity index (χ0n) is 27.5. The number of phenolic OH excluding ortho intramolecular Hbond substituents is 16. The minimum atomic E-state index is -1.37. The van der Waals surface area contributed by atoms with E-state index in [0.29, 0.717) is 0 Å². The van der Waals surface area contributed by atoms with Crippen LogP contribution >= 0.6 is 0 Å². The third-order valence-corrected chi connectivity index (χ3v) is 10.1. The first-order chi connectivity index (χ1) is 26.0. The van der Waals surface area contributed by atoms with Gasteiger partial charge in [0.1, 0.15) is 0 Å². The van der Waals surface area contributed by atoms with Gasteiger partial charge in [-0.3, -0.25) is 0 Å². The number of aromatic hydroxyl groups is 16. The maximum Gasteiger partial charge on any atom is 0.208 e. The van der Waals surface area contributed by atoms with Gasteiger partial charge >= 0.3 is 0 Å². The topological polar surface area (TPSA) is 324 Å². The van der Waals surface area contributed by atoms with Gasteiger partial charge in [0.15, 0.2) is 46.0 Å². The molecule has 0 amide bonds. The molecule has 1 aliphatic carbocycles. The quantitative estimate of drug-likeness (QED) is 0.0571. The van der Waals surface area contributed by atoms with E-state index in [4.69, 9.17) is 0 Å². The number of hydrogen-bond acceptors (Lipinski definition) is 16. The van der Waals surface area contributed by atoms with Crippen molar-refractivity contribution < 1.29 is 81.7 Å². The van der Waals surface area contributed by atoms with Crippen LogP contribution < -0.4 is 0 Å². The minimum absolute atomic E-state index is 0.00481. The van der Waals surface area contributed by atoms with Crippen molar-refractivity contribution in [2.75, 3.05) is 0 Å². The van der Waals surface area contributed by atoms with E-state index in [1.54, 1.807) is 12.1 Å². The third-order valence-electron chi connectivity index (χ3n) is 10.1. The molecule has 0 radical (unpaired) electrons. The zero-order chi connectivity index (χ0) is 39.7. The average Bonchev–Trinajstić information content (AvgIpc) is 3.59. The van der Waals surface area contributed by atoms with Crippen LogP contribution in [0.4, 0.5) is 0 Å². The fourth-order valence-electron chi connectivity index (χ4n) is 7.61. The normalized spacial score (nSPS) is 12.0. The molecule has 16 nitrogen and oxygen atoms in total. The van der Waals surface area contributed by atoms with E-state index in [1.165, 1.54) is 36.4 Å². The van der Waals surface area contributed by atoms with Crippen molar-refractivity contribution in [1.82, 2.24) is 0 Å². The molecule has 7 aromatic rings. The molecule has 278 valence electrons. The monoisotopic (exact) mass is 750 g/mol. The molecule has 16 N–H and O–H groups in total. The van der Waals surface area contributed by atoms with Crippen LogP contribution in [0, 0.1) is 0 Å². The fraction of sp³-hybridized carbons (Fsp3) is 0.0256. The Kier molecular flexibility index (Phi) is 6.91. The molecule has 16 heteroatoms. The highest BCUT2D eigenvalue weighted by Crippen LogP contribution is 2.66. The lowest BCUT2D eigenvalue weighted by molar-refractivity contribution is 0.329. The van der Waals surface area contributed by atoms with Crippen LogP contribution in [0.2, 0.25) is 0 Å². The van der Waals surface area contributed by atoms with Crippen LogP contribution in [0.3, 0.4) is 0 Å². The van der Waals surface area contributed by atoms with Crippen molar-refractivity contribution in [3.05, 3.63) is 59.7 Å². The predicted molar refractivity (Wildman–Crippen MR) is 193 cm³/mol. The molecule has 0 aliphatic heterocycles. The Balaban J connectivity index is 1.58. The van der Waals surface area contributed by atoms with Crippen molar-refractivity contribution in [3.63, 3.8) is 0 Å². The highest BCUT2D eigenvalue weighted by molar-refractivity contribution is 6.25. The molecule has 0 atom stereocenters. The zero-order valence-corrected chi connectivity index (χ0v) is 27.5. The van der Waals surface area contributed by atoms with E-state index >= 15 is 0 Å². The molecule has 0 heterocycles. The Morgan fingerprint density at radius 2 is 0.455 bits per heavy atom. The number of phenols is 16. The fourth-order valence-corrected chi connectivity index (χ4v) is 7.61. The molecule has 0 saturated heterocycles. The molecule has 55 heavy (non-hydrogen) atoms. The van der Waals surface area contributed by atoms with Crippen molar-refractivity contribution >= 4 is 21.5 Å². The van der Waals surface area contributed by atoms with E-state index < -0.39 is 115 Å². The molecule has 0 bridgehead atoms. The second kappa shape index (κ2) is 11.2. The van der Waals surface area contributed by atoms with Crippen molar-refractivity contribution in [2.24, 2.45) is 0 Å². The van der Waals surface area contributed by atoms with Crippen molar-refractivity contribution in [1.29, 1.82) is 0 Å². The second-order valence-electron chi connectivity index (χ2n) is 12.8. The Morgan fingerprint density at radius 1 is 0.218 bits per heavy atom. The van der Waals surface area contributed by atoms with Gasteiger partial charge in [-0.2, -0.15) is 0 Å². The first-order valence-corrected chi connectivity index (χ1v) is 15.9. The Labute approximate surface area is 305 Å². The summed E-state index contributed by atoms with van der Waals surface area (Å²) in [5.74, 6) is -18.7. The van der Waals surface area contributed by atoms with Crippen LogP contribution in [0.1, 0.15) is 11.1 Å². The minimum Gasteiger partial charge on any atom is -0.504 e. The highest BCUT2D eigenvalue weighted by Gasteiger charge is 2.39. The molecular formula is C39H26O16. The summed E-state index contributed by atoms with van der Waals surface area (Å²) in [7, 11) is 0. The van der Waals surface area contributed by atoms with Gasteiger partial charge in [-0.15, -0.1) is 0 Å². The average molecular weight is 751 g/mol. The van der Waals surface area contributed by atoms with Crippen LogP contribution in [-0.2, 0) is 6.42 Å². The van der Waals surface area contributed by atoms with Crippen molar-refractivity contribution in [3.8, 4) is 136 Å². The first-order valence-electron chi connectivity index (χ1n) is 15.9. The number of fused-ring (bicyclic) bond motifs is 5. The molecule has 0 spiro atoms. The van der Waals surface area contributed by atoms with Crippen LogP contribution in [0.5, 0.6) is 92.0 Å². The smallest absolute Gasteiger partial charge is 0.208 e. The van der Waals surface area contributed by atoms with E-state index in [9.17, 15) is 81.7 Å². The van der Waals surface area contributed by atoms with Crippen molar-refractivity contribution in [2.45, 2.75) is 6.42 Å². The summed E-state index contributed by atoms with van der Waals surface area (Å²) >= 11 is 0. The molecule has 7 aromatic carbocycles. The molecule has 0 unspecified atom stereocenters. The Hall–Kier alpha value is -8.14. The molecule has 0 fully saturated rings. The van der Waals surface area contributed by atoms with Crippen LogP contribution in [-0.4, -0.2) is 81.7 Å². The lowest BCUT2D eigenvalue weighted by Crippen LogP contribution is -1.97. The van der Waals surface area contributed by atoms with Gasteiger partial charge in [0.2, 0.25) is 46.0 Å². The molecule has 0 aromatic heterocycles. The van der Waals surface area contributed by atoms with Gasteiger partial charge in [-0.25, -0.2) is 0 Å². The number of rotatable bonds is 3. The molecule has 0 saturated carbocycles. The van der Waals surface area contributed by atoms with Crippen LogP contribution in [0.25, 0.3) is 66.1 Å². The molecule has 8 rings (SSSR count). The largest absolute Gasteiger partial charge is 0.504 e. The number of benzene rings is 7. The number of hydrogen-bond donors (Lipinski definition) is 16. The summed E-state index contributed by atoms with van der Waals surface area (Å²) in [4.78, 5) is 0. The maximum absolute atomic E-state index is 11.6. The first kappa shape index (κ1) is 34.0. The predicted octanol–water partition coefficient (Wildman–Crippen LogP) is 5.85. The summed E-state index contributed by atoms with van der Waals surface area (Å²) in [5, 5.41) is 174. The molecular weight excluding hydrogens is 724 g/mol. The second-order valence-corrected chi connectivity index (χ2v) is 12.8. The summed E-state index contributed by atoms with van der Waals surface area (Å²) in [6, 6.07) is 12.1. The maximum atomic E-state index is 11.6. The van der Waals surface area contributed by atoms with Gasteiger partial charge in [0.25, 0.3) is 0 Å². The lowest BCUT2D eigenvalue weighted by Gasteiger charge is -2.24. The van der Waals surface area contributed by atoms with E-state index in [1.807, 2.05) is 0 Å². The van der Waals surface area contributed by atoms with E-state index in [-0.39, 0.29) is 60.5 Å². The Morgan fingerprint density at radius 3 is 0.855 bits per heavy atom. The van der Waals surface area contributed by atoms with E-state index in [2.05, 4.69) is 0 Å². The van der Waals surface area contributed by atoms with Crippen LogP contribution in [0.15, 0.2) is 48.5 Å². The summed E-state index contributed by atoms with van der Waals surface area (Å²) in [6.07, 6.45) is -0.393. The summed E-state index contributed by atoms with van der Waals surface area (Å²) in [5.41, 5.74) is -3.51. The Bertz CT molecular complexity index is 2830. The SMILES string of the molecule is Oc1c(O)c(O)c(-c2c(O)c(O)c(O)c(O)c2-c2c3ccccc3c(-c3c(O)c(O)c(O)c4c3Cc3c(O)c(O)c(O)c(O)c3-4)c3ccccc23)c(O)c1O. The lowest BCUT2D eigenvalue weighted by atomic mass is 9.81.